The molecule has 0 spiro atoms. The second-order valence-corrected chi connectivity index (χ2v) is 5.89. The minimum atomic E-state index is -4.70. The third-order valence-electron chi connectivity index (χ3n) is 2.92. The third-order valence-corrected chi connectivity index (χ3v) is 3.86. The fourth-order valence-electron chi connectivity index (χ4n) is 1.74. The predicted octanol–water partition coefficient (Wildman–Crippen LogP) is 1.81. The van der Waals surface area contributed by atoms with Gasteiger partial charge in [0.15, 0.2) is 0 Å². The summed E-state index contributed by atoms with van der Waals surface area (Å²) in [6.07, 6.45) is -4.70. The highest BCUT2D eigenvalue weighted by Gasteiger charge is 2.38. The molecule has 0 fully saturated rings. The van der Waals surface area contributed by atoms with Crippen molar-refractivity contribution in [1.82, 2.24) is 14.9 Å². The van der Waals surface area contributed by atoms with Gasteiger partial charge in [-0.15, -0.1) is 10.2 Å². The lowest BCUT2D eigenvalue weighted by molar-refractivity contribution is -0.146. The summed E-state index contributed by atoms with van der Waals surface area (Å²) in [6, 6.07) is 7.11. The summed E-state index contributed by atoms with van der Waals surface area (Å²) in [5.74, 6) is 3.43. The molecule has 0 saturated carbocycles. The number of halogens is 3. The first-order valence-electron chi connectivity index (χ1n) is 6.66. The number of hydrogen-bond acceptors (Lipinski definition) is 6. The van der Waals surface area contributed by atoms with Gasteiger partial charge in [-0.2, -0.15) is 13.2 Å². The highest BCUT2D eigenvalue weighted by atomic mass is 32.2. The monoisotopic (exact) mass is 360 g/mol. The highest BCUT2D eigenvalue weighted by molar-refractivity contribution is 7.99. The van der Waals surface area contributed by atoms with Crippen molar-refractivity contribution < 1.29 is 18.0 Å². The van der Waals surface area contributed by atoms with Gasteiger partial charge in [-0.3, -0.25) is 4.79 Å². The summed E-state index contributed by atoms with van der Waals surface area (Å²) >= 11 is 0.763. The van der Waals surface area contributed by atoms with Gasteiger partial charge in [-0.05, 0) is 24.3 Å². The molecule has 0 saturated heterocycles. The fourth-order valence-corrected chi connectivity index (χ4v) is 2.40. The van der Waals surface area contributed by atoms with Crippen LogP contribution in [0.3, 0.4) is 0 Å². The molecule has 24 heavy (non-hydrogen) atoms. The average Bonchev–Trinajstić information content (AvgIpc) is 2.86. The molecule has 1 aromatic carbocycles. The minimum Gasteiger partial charge on any atom is -0.378 e. The van der Waals surface area contributed by atoms with Gasteiger partial charge < -0.3 is 16.1 Å². The lowest BCUT2D eigenvalue weighted by Crippen LogP contribution is -2.22. The van der Waals surface area contributed by atoms with Crippen molar-refractivity contribution in [1.29, 1.82) is 0 Å². The molecule has 2 aromatic rings. The summed E-state index contributed by atoms with van der Waals surface area (Å²) in [7, 11) is 3.78. The van der Waals surface area contributed by atoms with Crippen LogP contribution in [0.15, 0.2) is 29.4 Å². The van der Waals surface area contributed by atoms with Crippen LogP contribution in [0.5, 0.6) is 0 Å². The van der Waals surface area contributed by atoms with E-state index in [1.807, 2.05) is 31.1 Å². The molecule has 0 aliphatic rings. The van der Waals surface area contributed by atoms with Gasteiger partial charge in [0.25, 0.3) is 5.82 Å². The molecule has 2 rings (SSSR count). The lowest BCUT2D eigenvalue weighted by Gasteiger charge is -2.13. The highest BCUT2D eigenvalue weighted by Crippen LogP contribution is 2.28. The van der Waals surface area contributed by atoms with Gasteiger partial charge in [0.05, 0.1) is 5.75 Å². The van der Waals surface area contributed by atoms with Gasteiger partial charge >= 0.3 is 6.18 Å². The van der Waals surface area contributed by atoms with Crippen molar-refractivity contribution in [3.8, 4) is 0 Å². The van der Waals surface area contributed by atoms with Crippen LogP contribution in [0.2, 0.25) is 0 Å². The molecule has 1 amide bonds. The molecular weight excluding hydrogens is 345 g/mol. The lowest BCUT2D eigenvalue weighted by atomic mass is 10.2. The first-order chi connectivity index (χ1) is 11.2. The number of alkyl halides is 3. The second-order valence-electron chi connectivity index (χ2n) is 4.95. The minimum absolute atomic E-state index is 0.150. The van der Waals surface area contributed by atoms with Crippen LogP contribution in [-0.2, 0) is 11.0 Å². The summed E-state index contributed by atoms with van der Waals surface area (Å²) in [5, 5.41) is 8.76. The molecule has 7 nitrogen and oxygen atoms in total. The molecule has 11 heteroatoms. The van der Waals surface area contributed by atoms with Crippen molar-refractivity contribution in [3.63, 3.8) is 0 Å². The van der Waals surface area contributed by atoms with Crippen LogP contribution < -0.4 is 16.1 Å². The van der Waals surface area contributed by atoms with Crippen LogP contribution in [-0.4, -0.2) is 40.6 Å². The number of carbonyl (C=O) groups is 1. The van der Waals surface area contributed by atoms with E-state index in [0.717, 1.165) is 17.4 Å². The number of hydrogen-bond donors (Lipinski definition) is 2. The molecule has 0 aliphatic carbocycles. The number of nitrogens with two attached hydrogens (primary N) is 1. The molecule has 0 radical (unpaired) electrons. The van der Waals surface area contributed by atoms with Crippen LogP contribution in [0.4, 0.5) is 24.5 Å². The van der Waals surface area contributed by atoms with Crippen LogP contribution in [0.1, 0.15) is 5.82 Å². The van der Waals surface area contributed by atoms with Gasteiger partial charge in [-0.25, -0.2) is 4.68 Å². The predicted molar refractivity (Wildman–Crippen MR) is 85.3 cm³/mol. The zero-order valence-corrected chi connectivity index (χ0v) is 13.6. The number of nitrogens with one attached hydrogen (secondary N) is 1. The van der Waals surface area contributed by atoms with Gasteiger partial charge in [0.2, 0.25) is 11.1 Å². The Labute approximate surface area is 140 Å². The molecule has 130 valence electrons. The number of rotatable bonds is 5. The number of benzene rings is 1. The van der Waals surface area contributed by atoms with Crippen LogP contribution >= 0.6 is 11.8 Å². The van der Waals surface area contributed by atoms with Crippen LogP contribution in [0.25, 0.3) is 0 Å². The topological polar surface area (TPSA) is 89.1 Å². The Hall–Kier alpha value is -2.43. The van der Waals surface area contributed by atoms with Crippen molar-refractivity contribution in [2.75, 3.05) is 35.9 Å². The Bertz CT molecular complexity index is 713. The van der Waals surface area contributed by atoms with Gasteiger partial charge in [0.1, 0.15) is 0 Å². The summed E-state index contributed by atoms with van der Waals surface area (Å²) in [6.45, 7) is 0. The molecule has 1 aromatic heterocycles. The van der Waals surface area contributed by atoms with E-state index in [1.165, 1.54) is 0 Å². The first-order valence-corrected chi connectivity index (χ1v) is 7.65. The molecule has 0 unspecified atom stereocenters. The quantitative estimate of drug-likeness (QED) is 0.624. The van der Waals surface area contributed by atoms with Crippen molar-refractivity contribution in [2.45, 2.75) is 11.3 Å². The normalized spacial score (nSPS) is 11.4. The molecule has 0 bridgehead atoms. The molecule has 0 aliphatic heterocycles. The van der Waals surface area contributed by atoms with Crippen molar-refractivity contribution >= 4 is 29.0 Å². The molecule has 0 atom stereocenters. The van der Waals surface area contributed by atoms with E-state index >= 15 is 0 Å². The fraction of sp³-hybridized carbons (Fsp3) is 0.308. The number of aromatic nitrogens is 3. The van der Waals surface area contributed by atoms with E-state index in [2.05, 4.69) is 15.5 Å². The van der Waals surface area contributed by atoms with E-state index in [9.17, 15) is 18.0 Å². The number of thioether (sulfide) groups is 1. The molecule has 3 N–H and O–H groups in total. The van der Waals surface area contributed by atoms with E-state index in [1.54, 1.807) is 12.1 Å². The van der Waals surface area contributed by atoms with E-state index in [4.69, 9.17) is 5.84 Å². The van der Waals surface area contributed by atoms with Gasteiger partial charge in [0, 0.05) is 25.5 Å². The second kappa shape index (κ2) is 6.99. The maximum atomic E-state index is 12.5. The molecule has 1 heterocycles. The standard InChI is InChI=1S/C13H15F3N6OS/c1-21(2)9-5-3-8(4-6-9)18-10(23)7-24-12-20-19-11(22(12)17)13(14,15)16/h3-6H,7,17H2,1-2H3,(H,18,23). The number of amides is 1. The van der Waals surface area contributed by atoms with Crippen LogP contribution in [0, 0.1) is 0 Å². The average molecular weight is 360 g/mol. The van der Waals surface area contributed by atoms with E-state index in [0.29, 0.717) is 10.4 Å². The zero-order valence-electron chi connectivity index (χ0n) is 12.8. The Kier molecular flexibility index (Phi) is 5.22. The van der Waals surface area contributed by atoms with E-state index < -0.39 is 17.9 Å². The SMILES string of the molecule is CN(C)c1ccc(NC(=O)CSc2nnc(C(F)(F)F)n2N)cc1. The molecular formula is C13H15F3N6OS. The van der Waals surface area contributed by atoms with Crippen molar-refractivity contribution in [3.05, 3.63) is 30.1 Å². The number of carbonyl (C=O) groups excluding carboxylic acids is 1. The Morgan fingerprint density at radius 1 is 1.29 bits per heavy atom. The first kappa shape index (κ1) is 17.9. The Morgan fingerprint density at radius 2 is 1.92 bits per heavy atom. The largest absolute Gasteiger partial charge is 0.453 e. The summed E-state index contributed by atoms with van der Waals surface area (Å²) in [4.78, 5) is 13.8. The maximum absolute atomic E-state index is 12.5. The summed E-state index contributed by atoms with van der Waals surface area (Å²) < 4.78 is 38.0. The third kappa shape index (κ3) is 4.31. The smallest absolute Gasteiger partial charge is 0.378 e. The maximum Gasteiger partial charge on any atom is 0.453 e. The number of anilines is 2. The van der Waals surface area contributed by atoms with Crippen molar-refractivity contribution in [2.24, 2.45) is 0 Å². The Morgan fingerprint density at radius 3 is 2.42 bits per heavy atom. The summed E-state index contributed by atoms with van der Waals surface area (Å²) in [5.41, 5.74) is 1.55. The van der Waals surface area contributed by atoms with Gasteiger partial charge in [-0.1, -0.05) is 11.8 Å². The Balaban J connectivity index is 1.93. The van der Waals surface area contributed by atoms with E-state index in [-0.39, 0.29) is 10.9 Å². The number of nitrogens with zero attached hydrogens (tertiary/aromatic N) is 4. The number of nitrogen functional groups attached to an aromatic ring is 1. The zero-order chi connectivity index (χ0) is 17.9.